The number of rotatable bonds is 4. The standard InChI is InChI=1S/C16H21N5/c1-12-6-4-7-13(10-12)20-16(17)19-11-14-15(21(2)3)8-5-9-18-14/h4-10H,11H2,1-3H3,(H3,17,19,20). The minimum absolute atomic E-state index is 0.385. The van der Waals surface area contributed by atoms with E-state index in [0.29, 0.717) is 12.5 Å². The van der Waals surface area contributed by atoms with E-state index in [4.69, 9.17) is 5.73 Å². The second-order valence-electron chi connectivity index (χ2n) is 5.06. The fourth-order valence-electron chi connectivity index (χ4n) is 2.03. The molecule has 0 fully saturated rings. The fourth-order valence-corrected chi connectivity index (χ4v) is 2.03. The predicted molar refractivity (Wildman–Crippen MR) is 88.7 cm³/mol. The van der Waals surface area contributed by atoms with Crippen LogP contribution in [-0.4, -0.2) is 25.0 Å². The average Bonchev–Trinajstić information content (AvgIpc) is 2.45. The van der Waals surface area contributed by atoms with Crippen molar-refractivity contribution in [2.24, 2.45) is 10.7 Å². The molecule has 5 nitrogen and oxygen atoms in total. The lowest BCUT2D eigenvalue weighted by molar-refractivity contribution is 0.958. The van der Waals surface area contributed by atoms with Crippen LogP contribution < -0.4 is 16.0 Å². The summed E-state index contributed by atoms with van der Waals surface area (Å²) in [6, 6.07) is 11.9. The molecule has 0 bridgehead atoms. The maximum atomic E-state index is 5.93. The van der Waals surface area contributed by atoms with Crippen LogP contribution >= 0.6 is 0 Å². The molecule has 110 valence electrons. The highest BCUT2D eigenvalue weighted by atomic mass is 15.1. The number of pyridine rings is 1. The van der Waals surface area contributed by atoms with Crippen molar-refractivity contribution in [1.82, 2.24) is 4.98 Å². The third-order valence-corrected chi connectivity index (χ3v) is 3.04. The molecule has 1 aromatic heterocycles. The Kier molecular flexibility index (Phi) is 4.77. The van der Waals surface area contributed by atoms with Crippen molar-refractivity contribution in [1.29, 1.82) is 0 Å². The Balaban J connectivity index is 2.07. The van der Waals surface area contributed by atoms with Gasteiger partial charge in [0, 0.05) is 26.0 Å². The number of nitrogens with zero attached hydrogens (tertiary/aromatic N) is 3. The maximum Gasteiger partial charge on any atom is 0.193 e. The maximum absolute atomic E-state index is 5.93. The summed E-state index contributed by atoms with van der Waals surface area (Å²) in [5.74, 6) is 0.385. The largest absolute Gasteiger partial charge is 0.376 e. The van der Waals surface area contributed by atoms with Crippen LogP contribution in [0, 0.1) is 6.92 Å². The van der Waals surface area contributed by atoms with Crippen LogP contribution in [0.4, 0.5) is 11.4 Å². The van der Waals surface area contributed by atoms with Crippen LogP contribution in [0.3, 0.4) is 0 Å². The molecule has 3 N–H and O–H groups in total. The number of aliphatic imine (C=N–C) groups is 1. The van der Waals surface area contributed by atoms with Gasteiger partial charge in [0.15, 0.2) is 5.96 Å². The molecular formula is C16H21N5. The molecule has 1 heterocycles. The lowest BCUT2D eigenvalue weighted by Gasteiger charge is -2.15. The molecule has 0 radical (unpaired) electrons. The molecule has 0 saturated carbocycles. The quantitative estimate of drug-likeness (QED) is 0.668. The summed E-state index contributed by atoms with van der Waals surface area (Å²) >= 11 is 0. The topological polar surface area (TPSA) is 66.5 Å². The molecule has 21 heavy (non-hydrogen) atoms. The number of hydrogen-bond acceptors (Lipinski definition) is 3. The number of aromatic nitrogens is 1. The number of hydrogen-bond donors (Lipinski definition) is 2. The van der Waals surface area contributed by atoms with Gasteiger partial charge in [-0.3, -0.25) is 4.98 Å². The van der Waals surface area contributed by atoms with E-state index < -0.39 is 0 Å². The van der Waals surface area contributed by atoms with Crippen molar-refractivity contribution in [3.63, 3.8) is 0 Å². The number of aryl methyl sites for hydroxylation is 1. The third-order valence-electron chi connectivity index (χ3n) is 3.04. The number of guanidine groups is 1. The Morgan fingerprint density at radius 3 is 2.81 bits per heavy atom. The first kappa shape index (κ1) is 14.8. The molecule has 0 unspecified atom stereocenters. The van der Waals surface area contributed by atoms with Crippen LogP contribution in [0.25, 0.3) is 0 Å². The number of nitrogens with two attached hydrogens (primary N) is 1. The zero-order valence-electron chi connectivity index (χ0n) is 12.7. The van der Waals surface area contributed by atoms with E-state index >= 15 is 0 Å². The first-order valence-corrected chi connectivity index (χ1v) is 6.81. The molecule has 2 aromatic rings. The zero-order valence-corrected chi connectivity index (χ0v) is 12.7. The highest BCUT2D eigenvalue weighted by molar-refractivity contribution is 5.92. The van der Waals surface area contributed by atoms with Gasteiger partial charge in [-0.1, -0.05) is 12.1 Å². The van der Waals surface area contributed by atoms with Gasteiger partial charge in [0.05, 0.1) is 17.9 Å². The summed E-state index contributed by atoms with van der Waals surface area (Å²) < 4.78 is 0. The monoisotopic (exact) mass is 283 g/mol. The van der Waals surface area contributed by atoms with Crippen molar-refractivity contribution in [3.8, 4) is 0 Å². The van der Waals surface area contributed by atoms with Crippen molar-refractivity contribution in [3.05, 3.63) is 53.9 Å². The van der Waals surface area contributed by atoms with Crippen molar-refractivity contribution >= 4 is 17.3 Å². The van der Waals surface area contributed by atoms with Crippen molar-refractivity contribution in [2.75, 3.05) is 24.3 Å². The second kappa shape index (κ2) is 6.74. The predicted octanol–water partition coefficient (Wildman–Crippen LogP) is 2.38. The molecule has 0 spiro atoms. The van der Waals surface area contributed by atoms with E-state index in [-0.39, 0.29) is 0 Å². The van der Waals surface area contributed by atoms with Crippen LogP contribution in [0.5, 0.6) is 0 Å². The van der Waals surface area contributed by atoms with Crippen LogP contribution in [0.2, 0.25) is 0 Å². The summed E-state index contributed by atoms with van der Waals surface area (Å²) in [5.41, 5.74) is 9.98. The van der Waals surface area contributed by atoms with Crippen molar-refractivity contribution in [2.45, 2.75) is 13.5 Å². The van der Waals surface area contributed by atoms with E-state index in [1.54, 1.807) is 6.20 Å². The molecule has 1 aromatic carbocycles. The highest BCUT2D eigenvalue weighted by Gasteiger charge is 2.04. The fraction of sp³-hybridized carbons (Fsp3) is 0.250. The zero-order chi connectivity index (χ0) is 15.2. The van der Waals surface area contributed by atoms with Gasteiger partial charge in [-0.2, -0.15) is 0 Å². The van der Waals surface area contributed by atoms with Gasteiger partial charge in [-0.15, -0.1) is 0 Å². The average molecular weight is 283 g/mol. The number of anilines is 2. The summed E-state index contributed by atoms with van der Waals surface area (Å²) in [6.07, 6.45) is 1.77. The molecule has 0 atom stereocenters. The van der Waals surface area contributed by atoms with Crippen LogP contribution in [-0.2, 0) is 6.54 Å². The summed E-state index contributed by atoms with van der Waals surface area (Å²) in [4.78, 5) is 10.7. The van der Waals surface area contributed by atoms with Gasteiger partial charge < -0.3 is 16.0 Å². The third kappa shape index (κ3) is 4.21. The van der Waals surface area contributed by atoms with E-state index in [0.717, 1.165) is 17.1 Å². The normalized spacial score (nSPS) is 11.3. The molecule has 0 aliphatic heterocycles. The summed E-state index contributed by atoms with van der Waals surface area (Å²) in [7, 11) is 3.97. The SMILES string of the molecule is Cc1cccc(NC(N)=NCc2ncccc2N(C)C)c1. The molecule has 0 amide bonds. The first-order valence-electron chi connectivity index (χ1n) is 6.81. The van der Waals surface area contributed by atoms with Crippen LogP contribution in [0.15, 0.2) is 47.6 Å². The Labute approximate surface area is 125 Å². The lowest BCUT2D eigenvalue weighted by atomic mass is 10.2. The van der Waals surface area contributed by atoms with E-state index in [2.05, 4.69) is 15.3 Å². The number of nitrogens with one attached hydrogen (secondary N) is 1. The molecule has 0 aliphatic rings. The Morgan fingerprint density at radius 1 is 1.29 bits per heavy atom. The lowest BCUT2D eigenvalue weighted by Crippen LogP contribution is -2.23. The molecule has 0 aliphatic carbocycles. The van der Waals surface area contributed by atoms with E-state index in [9.17, 15) is 0 Å². The van der Waals surface area contributed by atoms with Gasteiger partial charge in [0.25, 0.3) is 0 Å². The highest BCUT2D eigenvalue weighted by Crippen LogP contribution is 2.16. The smallest absolute Gasteiger partial charge is 0.193 e. The Bertz CT molecular complexity index is 634. The minimum Gasteiger partial charge on any atom is -0.376 e. The van der Waals surface area contributed by atoms with Gasteiger partial charge in [0.1, 0.15) is 0 Å². The van der Waals surface area contributed by atoms with Crippen molar-refractivity contribution < 1.29 is 0 Å². The van der Waals surface area contributed by atoms with Gasteiger partial charge >= 0.3 is 0 Å². The number of benzene rings is 1. The molecule has 2 rings (SSSR count). The second-order valence-corrected chi connectivity index (χ2v) is 5.06. The van der Waals surface area contributed by atoms with E-state index in [1.807, 2.05) is 62.3 Å². The summed E-state index contributed by atoms with van der Waals surface area (Å²) in [5, 5.41) is 3.09. The molecule has 5 heteroatoms. The van der Waals surface area contributed by atoms with Gasteiger partial charge in [-0.05, 0) is 36.8 Å². The van der Waals surface area contributed by atoms with Gasteiger partial charge in [-0.25, -0.2) is 4.99 Å². The minimum atomic E-state index is 0.385. The Hall–Kier alpha value is -2.56. The molecular weight excluding hydrogens is 262 g/mol. The Morgan fingerprint density at radius 2 is 2.10 bits per heavy atom. The summed E-state index contributed by atoms with van der Waals surface area (Å²) in [6.45, 7) is 2.48. The van der Waals surface area contributed by atoms with E-state index in [1.165, 1.54) is 5.56 Å². The first-order chi connectivity index (χ1) is 10.1. The molecule has 0 saturated heterocycles. The van der Waals surface area contributed by atoms with Crippen LogP contribution in [0.1, 0.15) is 11.3 Å². The van der Waals surface area contributed by atoms with Gasteiger partial charge in [0.2, 0.25) is 0 Å².